The summed E-state index contributed by atoms with van der Waals surface area (Å²) in [5.41, 5.74) is 1.01. The number of esters is 1. The number of carbonyl (C=O) groups excluding carboxylic acids is 1. The predicted molar refractivity (Wildman–Crippen MR) is 151 cm³/mol. The zero-order chi connectivity index (χ0) is 27.0. The summed E-state index contributed by atoms with van der Waals surface area (Å²) in [7, 11) is -0.0537. The molecule has 1 aromatic rings. The van der Waals surface area contributed by atoms with Gasteiger partial charge in [0.1, 0.15) is 18.5 Å². The molecule has 0 saturated heterocycles. The maximum absolute atomic E-state index is 11.8. The molecule has 0 amide bonds. The number of rotatable bonds is 25. The van der Waals surface area contributed by atoms with Crippen molar-refractivity contribution < 1.29 is 33.5 Å². The van der Waals surface area contributed by atoms with Gasteiger partial charge in [-0.2, -0.15) is 0 Å². The molecule has 214 valence electrons. The highest BCUT2D eigenvalue weighted by Gasteiger charge is 2.18. The number of likely N-dealkylation sites (N-methyl/N-ethyl adjacent to an activating group) is 1. The fourth-order valence-electron chi connectivity index (χ4n) is 3.95. The SMILES string of the molecule is CCCCCCCCCCCCCCOc1ccc(CC(COP(O)OCC[NH2+]C)OC(=O)CC)cc1. The second-order valence-corrected chi connectivity index (χ2v) is 10.6. The number of hydrogen-bond acceptors (Lipinski definition) is 6. The third-order valence-electron chi connectivity index (χ3n) is 6.22. The van der Waals surface area contributed by atoms with Gasteiger partial charge in [-0.15, -0.1) is 0 Å². The largest absolute Gasteiger partial charge is 0.494 e. The van der Waals surface area contributed by atoms with Crippen LogP contribution in [-0.2, 0) is 25.0 Å². The Balaban J connectivity index is 2.23. The zero-order valence-electron chi connectivity index (χ0n) is 23.6. The van der Waals surface area contributed by atoms with E-state index >= 15 is 0 Å². The number of hydrogen-bond donors (Lipinski definition) is 2. The highest BCUT2D eigenvalue weighted by molar-refractivity contribution is 7.40. The molecule has 0 aliphatic heterocycles. The van der Waals surface area contributed by atoms with Crippen LogP contribution in [0, 0.1) is 0 Å². The lowest BCUT2D eigenvalue weighted by atomic mass is 10.1. The van der Waals surface area contributed by atoms with E-state index in [0.717, 1.165) is 30.9 Å². The minimum absolute atomic E-state index is 0.0843. The van der Waals surface area contributed by atoms with Gasteiger partial charge in [-0.05, 0) is 24.1 Å². The molecule has 1 rings (SSSR count). The van der Waals surface area contributed by atoms with Gasteiger partial charge in [0, 0.05) is 12.8 Å². The first-order chi connectivity index (χ1) is 18.1. The number of carbonyl (C=O) groups is 1. The van der Waals surface area contributed by atoms with E-state index in [0.29, 0.717) is 19.4 Å². The Morgan fingerprint density at radius 2 is 1.46 bits per heavy atom. The molecule has 2 unspecified atom stereocenters. The van der Waals surface area contributed by atoms with Crippen LogP contribution in [0.4, 0.5) is 0 Å². The third kappa shape index (κ3) is 19.5. The summed E-state index contributed by atoms with van der Waals surface area (Å²) in [6.07, 6.45) is 16.3. The van der Waals surface area contributed by atoms with Gasteiger partial charge in [-0.3, -0.25) is 4.79 Å². The van der Waals surface area contributed by atoms with Crippen molar-refractivity contribution in [2.45, 2.75) is 110 Å². The molecular formula is C29H53NO6P+. The minimum Gasteiger partial charge on any atom is -0.494 e. The van der Waals surface area contributed by atoms with Crippen LogP contribution in [0.15, 0.2) is 24.3 Å². The molecule has 7 nitrogen and oxygen atoms in total. The fraction of sp³-hybridized carbons (Fsp3) is 0.759. The number of unbranched alkanes of at least 4 members (excludes halogenated alkanes) is 11. The van der Waals surface area contributed by atoms with Gasteiger partial charge in [0.05, 0.1) is 26.8 Å². The molecule has 0 heterocycles. The van der Waals surface area contributed by atoms with Crippen LogP contribution in [0.3, 0.4) is 0 Å². The average Bonchev–Trinajstić information content (AvgIpc) is 2.91. The lowest BCUT2D eigenvalue weighted by molar-refractivity contribution is -0.627. The summed E-state index contributed by atoms with van der Waals surface area (Å²) >= 11 is 0. The second-order valence-electron chi connectivity index (χ2n) is 9.61. The van der Waals surface area contributed by atoms with E-state index in [1.54, 1.807) is 6.92 Å². The van der Waals surface area contributed by atoms with Gasteiger partial charge in [0.15, 0.2) is 0 Å². The van der Waals surface area contributed by atoms with Crippen molar-refractivity contribution >= 4 is 14.6 Å². The maximum Gasteiger partial charge on any atom is 0.330 e. The molecule has 8 heteroatoms. The third-order valence-corrected chi connectivity index (χ3v) is 6.99. The molecule has 0 spiro atoms. The van der Waals surface area contributed by atoms with E-state index in [9.17, 15) is 9.69 Å². The van der Waals surface area contributed by atoms with Crippen molar-refractivity contribution in [2.24, 2.45) is 0 Å². The number of benzene rings is 1. The van der Waals surface area contributed by atoms with E-state index in [1.165, 1.54) is 70.6 Å². The van der Waals surface area contributed by atoms with Crippen molar-refractivity contribution in [2.75, 3.05) is 33.4 Å². The predicted octanol–water partition coefficient (Wildman–Crippen LogP) is 6.08. The molecule has 0 aliphatic carbocycles. The molecule has 0 aromatic heterocycles. The van der Waals surface area contributed by atoms with Gasteiger partial charge >= 0.3 is 14.6 Å². The van der Waals surface area contributed by atoms with E-state index in [-0.39, 0.29) is 12.6 Å². The Kier molecular flexibility index (Phi) is 21.8. The number of ether oxygens (including phenoxy) is 2. The molecular weight excluding hydrogens is 489 g/mol. The average molecular weight is 543 g/mol. The molecule has 0 fully saturated rings. The second kappa shape index (κ2) is 23.8. The van der Waals surface area contributed by atoms with Gasteiger partial charge in [0.2, 0.25) is 0 Å². The molecule has 3 N–H and O–H groups in total. The highest BCUT2D eigenvalue weighted by atomic mass is 31.2. The highest BCUT2D eigenvalue weighted by Crippen LogP contribution is 2.32. The van der Waals surface area contributed by atoms with E-state index in [1.807, 2.05) is 36.6 Å². The Morgan fingerprint density at radius 3 is 2.03 bits per heavy atom. The maximum atomic E-state index is 11.8. The summed E-state index contributed by atoms with van der Waals surface area (Å²) in [6, 6.07) is 7.89. The van der Waals surface area contributed by atoms with Crippen LogP contribution in [-0.4, -0.2) is 50.4 Å². The molecule has 0 bridgehead atoms. The topological polar surface area (TPSA) is 90.8 Å². The lowest BCUT2D eigenvalue weighted by Gasteiger charge is -2.19. The van der Waals surface area contributed by atoms with E-state index < -0.39 is 14.7 Å². The summed E-state index contributed by atoms with van der Waals surface area (Å²) in [5.74, 6) is 0.560. The van der Waals surface area contributed by atoms with Gasteiger partial charge in [-0.1, -0.05) is 96.6 Å². The quantitative estimate of drug-likeness (QED) is 0.0885. The standard InChI is InChI=1S/C29H52NO6P/c1-4-6-7-8-9-10-11-12-13-14-15-16-22-33-27-19-17-26(18-20-27)24-28(36-29(31)5-2)25-35-37(32)34-23-21-30-3/h17-20,28,30,32H,4-16,21-25H2,1-3H3/p+1. The van der Waals surface area contributed by atoms with Crippen molar-refractivity contribution in [1.82, 2.24) is 0 Å². The molecule has 1 aromatic carbocycles. The van der Waals surface area contributed by atoms with Crippen molar-refractivity contribution in [1.29, 1.82) is 0 Å². The smallest absolute Gasteiger partial charge is 0.330 e. The summed E-state index contributed by atoms with van der Waals surface area (Å²) in [4.78, 5) is 21.7. The van der Waals surface area contributed by atoms with Gasteiger partial charge in [0.25, 0.3) is 0 Å². The van der Waals surface area contributed by atoms with Crippen LogP contribution >= 0.6 is 8.60 Å². The summed E-state index contributed by atoms with van der Waals surface area (Å²) < 4.78 is 22.1. The zero-order valence-corrected chi connectivity index (χ0v) is 24.5. The fourth-order valence-corrected chi connectivity index (χ4v) is 4.58. The summed E-state index contributed by atoms with van der Waals surface area (Å²) in [5, 5.41) is 1.96. The van der Waals surface area contributed by atoms with Crippen LogP contribution in [0.1, 0.15) is 103 Å². The molecule has 0 saturated carbocycles. The van der Waals surface area contributed by atoms with Crippen LogP contribution in [0.5, 0.6) is 5.75 Å². The van der Waals surface area contributed by atoms with Crippen molar-refractivity contribution in [3.63, 3.8) is 0 Å². The van der Waals surface area contributed by atoms with Crippen molar-refractivity contribution in [3.8, 4) is 5.75 Å². The first-order valence-corrected chi connectivity index (χ1v) is 15.7. The summed E-state index contributed by atoms with van der Waals surface area (Å²) in [6.45, 7) is 5.98. The minimum atomic E-state index is -1.98. The Morgan fingerprint density at radius 1 is 0.865 bits per heavy atom. The molecule has 37 heavy (non-hydrogen) atoms. The number of nitrogens with two attached hydrogens (primary N) is 1. The van der Waals surface area contributed by atoms with Crippen LogP contribution in [0.2, 0.25) is 0 Å². The number of quaternary nitrogens is 1. The van der Waals surface area contributed by atoms with E-state index in [2.05, 4.69) is 6.92 Å². The monoisotopic (exact) mass is 542 g/mol. The lowest BCUT2D eigenvalue weighted by Crippen LogP contribution is -2.80. The normalized spacial score (nSPS) is 12.9. The van der Waals surface area contributed by atoms with Crippen LogP contribution < -0.4 is 10.1 Å². The Labute approximate surface area is 227 Å². The molecule has 0 radical (unpaired) electrons. The van der Waals surface area contributed by atoms with E-state index in [4.69, 9.17) is 18.5 Å². The van der Waals surface area contributed by atoms with Gasteiger partial charge in [-0.25, -0.2) is 0 Å². The first-order valence-electron chi connectivity index (χ1n) is 14.5. The Hall–Kier alpha value is -1.24. The molecule has 0 aliphatic rings. The first kappa shape index (κ1) is 33.8. The Bertz CT molecular complexity index is 660. The van der Waals surface area contributed by atoms with Crippen LogP contribution in [0.25, 0.3) is 0 Å². The van der Waals surface area contributed by atoms with Gasteiger partial charge < -0.3 is 28.7 Å². The van der Waals surface area contributed by atoms with Crippen molar-refractivity contribution in [3.05, 3.63) is 29.8 Å². The molecule has 2 atom stereocenters.